The lowest BCUT2D eigenvalue weighted by atomic mass is 10.2. The van der Waals surface area contributed by atoms with Crippen LogP contribution in [0, 0.1) is 5.21 Å². The maximum Gasteiger partial charge on any atom is 0.252 e. The van der Waals surface area contributed by atoms with Crippen LogP contribution in [0.4, 0.5) is 0 Å². The molecule has 3 aromatic heterocycles. The van der Waals surface area contributed by atoms with Crippen molar-refractivity contribution in [3.63, 3.8) is 0 Å². The van der Waals surface area contributed by atoms with Gasteiger partial charge in [0, 0.05) is 12.1 Å². The molecule has 4 aromatic rings. The number of hydrogen-bond acceptors (Lipinski definition) is 5. The van der Waals surface area contributed by atoms with Gasteiger partial charge in [0.15, 0.2) is 23.2 Å². The van der Waals surface area contributed by atoms with E-state index < -0.39 is 0 Å². The number of amides is 1. The molecule has 0 spiro atoms. The van der Waals surface area contributed by atoms with Crippen LogP contribution in [0.25, 0.3) is 21.0 Å². The van der Waals surface area contributed by atoms with Crippen molar-refractivity contribution in [3.05, 3.63) is 77.5 Å². The predicted molar refractivity (Wildman–Crippen MR) is 93.9 cm³/mol. The summed E-state index contributed by atoms with van der Waals surface area (Å²) in [5.74, 6) is 1.05. The van der Waals surface area contributed by atoms with Crippen molar-refractivity contribution < 1.29 is 13.9 Å². The van der Waals surface area contributed by atoms with Gasteiger partial charge in [0.2, 0.25) is 0 Å². The summed E-state index contributed by atoms with van der Waals surface area (Å²) >= 11 is 1.56. The summed E-state index contributed by atoms with van der Waals surface area (Å²) in [6, 6.07) is 14.5. The van der Waals surface area contributed by atoms with Crippen molar-refractivity contribution in [3.8, 4) is 10.8 Å². The van der Waals surface area contributed by atoms with E-state index in [1.165, 1.54) is 24.5 Å². The normalized spacial score (nSPS) is 10.9. The van der Waals surface area contributed by atoms with Gasteiger partial charge in [-0.1, -0.05) is 12.1 Å². The Hall–Kier alpha value is -3.19. The molecule has 0 aliphatic carbocycles. The Morgan fingerprint density at radius 1 is 1.16 bits per heavy atom. The van der Waals surface area contributed by atoms with Gasteiger partial charge in [0.05, 0.1) is 22.3 Å². The number of benzene rings is 1. The van der Waals surface area contributed by atoms with Crippen molar-refractivity contribution in [2.24, 2.45) is 0 Å². The van der Waals surface area contributed by atoms with E-state index in [2.05, 4.69) is 10.3 Å². The highest BCUT2D eigenvalue weighted by Gasteiger charge is 2.12. The van der Waals surface area contributed by atoms with Crippen LogP contribution in [0.5, 0.6) is 0 Å². The number of carbonyl (C=O) groups excluding carboxylic acids is 1. The van der Waals surface area contributed by atoms with Crippen LogP contribution < -0.4 is 10.0 Å². The third-order valence-electron chi connectivity index (χ3n) is 3.65. The molecule has 0 fully saturated rings. The van der Waals surface area contributed by atoms with Gasteiger partial charge in [-0.25, -0.2) is 4.98 Å². The minimum atomic E-state index is -0.265. The fourth-order valence-electron chi connectivity index (χ4n) is 2.40. The number of carbonyl (C=O) groups is 1. The van der Waals surface area contributed by atoms with E-state index in [0.29, 0.717) is 21.8 Å². The zero-order chi connectivity index (χ0) is 17.2. The summed E-state index contributed by atoms with van der Waals surface area (Å²) in [5, 5.41) is 14.6. The Morgan fingerprint density at radius 2 is 1.96 bits per heavy atom. The van der Waals surface area contributed by atoms with Gasteiger partial charge in [-0.3, -0.25) is 4.79 Å². The van der Waals surface area contributed by atoms with Crippen LogP contribution in [0.3, 0.4) is 0 Å². The van der Waals surface area contributed by atoms with Crippen LogP contribution in [-0.2, 0) is 6.54 Å². The van der Waals surface area contributed by atoms with Gasteiger partial charge in [-0.05, 0) is 24.3 Å². The van der Waals surface area contributed by atoms with E-state index in [1.54, 1.807) is 11.3 Å². The number of pyridine rings is 1. The fraction of sp³-hybridized carbons (Fsp3) is 0.0556. The molecule has 0 aliphatic heterocycles. The topological polar surface area (TPSA) is 82.1 Å². The highest BCUT2D eigenvalue weighted by Crippen LogP contribution is 2.31. The lowest BCUT2D eigenvalue weighted by molar-refractivity contribution is -0.605. The Bertz CT molecular complexity index is 1000. The second kappa shape index (κ2) is 6.37. The molecule has 1 N–H and O–H groups in total. The molecule has 7 heteroatoms. The van der Waals surface area contributed by atoms with E-state index in [1.807, 2.05) is 36.4 Å². The fourth-order valence-corrected chi connectivity index (χ4v) is 3.33. The van der Waals surface area contributed by atoms with Gasteiger partial charge in [0.25, 0.3) is 5.91 Å². The zero-order valence-corrected chi connectivity index (χ0v) is 13.8. The van der Waals surface area contributed by atoms with Crippen LogP contribution in [0.1, 0.15) is 16.1 Å². The number of fused-ring (bicyclic) bond motifs is 1. The van der Waals surface area contributed by atoms with Crippen molar-refractivity contribution in [2.45, 2.75) is 6.54 Å². The number of aromatic nitrogens is 2. The second-order valence-corrected chi connectivity index (χ2v) is 6.41. The predicted octanol–water partition coefficient (Wildman–Crippen LogP) is 3.12. The number of furan rings is 1. The molecule has 0 bridgehead atoms. The molecule has 0 atom stereocenters. The highest BCUT2D eigenvalue weighted by atomic mass is 32.1. The third-order valence-corrected chi connectivity index (χ3v) is 4.70. The molecule has 1 aromatic carbocycles. The summed E-state index contributed by atoms with van der Waals surface area (Å²) in [6.45, 7) is 0.260. The molecule has 0 aliphatic rings. The monoisotopic (exact) mass is 351 g/mol. The van der Waals surface area contributed by atoms with Gasteiger partial charge in [-0.15, -0.1) is 11.3 Å². The number of nitrogens with one attached hydrogen (secondary N) is 1. The second-order valence-electron chi connectivity index (χ2n) is 5.38. The van der Waals surface area contributed by atoms with Gasteiger partial charge >= 0.3 is 0 Å². The number of thiazole rings is 1. The molecule has 6 nitrogen and oxygen atoms in total. The van der Waals surface area contributed by atoms with Gasteiger partial charge < -0.3 is 14.9 Å². The SMILES string of the molecule is O=C(NCc1ccc(-c2nc3ccccc3s2)o1)c1cc[n+]([O-])cc1. The van der Waals surface area contributed by atoms with E-state index in [-0.39, 0.29) is 12.5 Å². The largest absolute Gasteiger partial charge is 0.619 e. The summed E-state index contributed by atoms with van der Waals surface area (Å²) in [7, 11) is 0. The molecule has 0 saturated heterocycles. The minimum Gasteiger partial charge on any atom is -0.619 e. The number of rotatable bonds is 4. The lowest BCUT2D eigenvalue weighted by Gasteiger charge is -2.03. The van der Waals surface area contributed by atoms with E-state index in [9.17, 15) is 10.0 Å². The first-order valence-corrected chi connectivity index (χ1v) is 8.42. The first-order valence-electron chi connectivity index (χ1n) is 7.61. The molecule has 25 heavy (non-hydrogen) atoms. The summed E-state index contributed by atoms with van der Waals surface area (Å²) in [4.78, 5) is 16.6. The number of hydrogen-bond donors (Lipinski definition) is 1. The van der Waals surface area contributed by atoms with Crippen LogP contribution in [0.2, 0.25) is 0 Å². The number of para-hydroxylation sites is 1. The Morgan fingerprint density at radius 3 is 2.76 bits per heavy atom. The molecule has 1 amide bonds. The highest BCUT2D eigenvalue weighted by molar-refractivity contribution is 7.21. The average Bonchev–Trinajstić information content (AvgIpc) is 3.26. The number of nitrogens with zero attached hydrogens (tertiary/aromatic N) is 2. The van der Waals surface area contributed by atoms with E-state index in [0.717, 1.165) is 15.2 Å². The standard InChI is InChI=1S/C18H13N3O3S/c22-17(12-7-9-21(23)10-8-12)19-11-13-5-6-15(24-13)18-20-14-3-1-2-4-16(14)25-18/h1-10H,11H2,(H,19,22). The maximum absolute atomic E-state index is 12.0. The minimum absolute atomic E-state index is 0.260. The van der Waals surface area contributed by atoms with Crippen LogP contribution in [-0.4, -0.2) is 10.9 Å². The van der Waals surface area contributed by atoms with Crippen LogP contribution in [0.15, 0.2) is 65.3 Å². The first-order chi connectivity index (χ1) is 12.2. The molecule has 0 saturated carbocycles. The van der Waals surface area contributed by atoms with Crippen LogP contribution >= 0.6 is 11.3 Å². The summed E-state index contributed by atoms with van der Waals surface area (Å²) in [5.41, 5.74) is 1.36. The lowest BCUT2D eigenvalue weighted by Crippen LogP contribution is -2.27. The molecule has 4 rings (SSSR count). The summed E-state index contributed by atoms with van der Waals surface area (Å²) < 4.78 is 7.52. The average molecular weight is 351 g/mol. The molecular formula is C18H13N3O3S. The Balaban J connectivity index is 1.46. The first kappa shape index (κ1) is 15.3. The Kier molecular flexibility index (Phi) is 3.91. The quantitative estimate of drug-likeness (QED) is 0.452. The van der Waals surface area contributed by atoms with E-state index >= 15 is 0 Å². The molecule has 0 unspecified atom stereocenters. The zero-order valence-electron chi connectivity index (χ0n) is 13.0. The van der Waals surface area contributed by atoms with Crippen molar-refractivity contribution in [2.75, 3.05) is 0 Å². The van der Waals surface area contributed by atoms with Crippen molar-refractivity contribution in [1.29, 1.82) is 0 Å². The maximum atomic E-state index is 12.0. The molecule has 0 radical (unpaired) electrons. The Labute approximate surface area is 147 Å². The molecule has 124 valence electrons. The van der Waals surface area contributed by atoms with Crippen molar-refractivity contribution >= 4 is 27.5 Å². The smallest absolute Gasteiger partial charge is 0.252 e. The van der Waals surface area contributed by atoms with E-state index in [4.69, 9.17) is 4.42 Å². The van der Waals surface area contributed by atoms with Gasteiger partial charge in [0.1, 0.15) is 5.76 Å². The van der Waals surface area contributed by atoms with Crippen molar-refractivity contribution in [1.82, 2.24) is 10.3 Å². The van der Waals surface area contributed by atoms with Gasteiger partial charge in [-0.2, -0.15) is 4.73 Å². The molecule has 3 heterocycles. The summed E-state index contributed by atoms with van der Waals surface area (Å²) in [6.07, 6.45) is 2.57. The third kappa shape index (κ3) is 3.22. The molecular weight excluding hydrogens is 338 g/mol.